The monoisotopic (exact) mass is 546 g/mol. The van der Waals surface area contributed by atoms with Gasteiger partial charge in [-0.3, -0.25) is 19.3 Å². The number of amides is 1. The van der Waals surface area contributed by atoms with Crippen LogP contribution in [0.25, 0.3) is 23.0 Å². The number of rotatable bonds is 4. The van der Waals surface area contributed by atoms with Crippen LogP contribution in [0, 0.1) is 11.8 Å². The van der Waals surface area contributed by atoms with Crippen molar-refractivity contribution in [2.45, 2.75) is 30.6 Å². The topological polar surface area (TPSA) is 182 Å². The summed E-state index contributed by atoms with van der Waals surface area (Å²) in [6, 6.07) is 9.07. The quantitative estimate of drug-likeness (QED) is 0.312. The standard InChI is InChI=1S/C30H30N2O8/c1-5-13-6-8-14(9-7-13)16-11-10-15-12(2)17-19(24(34)18(15)23(16)33)27(37)30(40)21(25(17)35)22(32(3)4)26(36)20(28(30)38)29(31)39/h5-12,17,21-22,25,33-35,38,40H,1H2,2-4H3,(H2,31,39). The predicted molar refractivity (Wildman–Crippen MR) is 146 cm³/mol. The van der Waals surface area contributed by atoms with Gasteiger partial charge in [-0.2, -0.15) is 0 Å². The van der Waals surface area contributed by atoms with Crippen LogP contribution < -0.4 is 5.73 Å². The Morgan fingerprint density at radius 1 is 1.07 bits per heavy atom. The summed E-state index contributed by atoms with van der Waals surface area (Å²) in [6.07, 6.45) is 0.0314. The van der Waals surface area contributed by atoms with E-state index in [4.69, 9.17) is 5.73 Å². The third kappa shape index (κ3) is 3.43. The molecule has 7 N–H and O–H groups in total. The van der Waals surface area contributed by atoms with E-state index in [1.165, 1.54) is 19.0 Å². The highest BCUT2D eigenvalue weighted by Crippen LogP contribution is 2.56. The fourth-order valence-electron chi connectivity index (χ4n) is 6.65. The van der Waals surface area contributed by atoms with Crippen molar-refractivity contribution in [1.82, 2.24) is 4.90 Å². The van der Waals surface area contributed by atoms with Gasteiger partial charge in [0.25, 0.3) is 5.91 Å². The zero-order valence-electron chi connectivity index (χ0n) is 22.1. The van der Waals surface area contributed by atoms with Gasteiger partial charge in [-0.15, -0.1) is 0 Å². The number of carbonyl (C=O) groups is 3. The highest BCUT2D eigenvalue weighted by atomic mass is 16.4. The molecule has 3 aliphatic rings. The number of Topliss-reactive ketones (excluding diaryl/α,β-unsaturated/α-hetero) is 2. The summed E-state index contributed by atoms with van der Waals surface area (Å²) < 4.78 is 0. The van der Waals surface area contributed by atoms with Gasteiger partial charge in [0.15, 0.2) is 11.4 Å². The molecule has 208 valence electrons. The largest absolute Gasteiger partial charge is 0.508 e. The number of hydrogen-bond donors (Lipinski definition) is 6. The number of phenols is 1. The SMILES string of the molecule is C=Cc1ccc(-c2ccc3c(c2O)C(O)=C2C(=O)C4(O)C(O)=C(C(N)=O)C(=O)C(N(C)C)C4C(O)C2C3C)cc1. The summed E-state index contributed by atoms with van der Waals surface area (Å²) in [7, 11) is 2.93. The molecule has 0 aromatic heterocycles. The number of likely N-dealkylation sites (N-methyl/N-ethyl adjacent to an activating group) is 1. The predicted octanol–water partition coefficient (Wildman–Crippen LogP) is 1.81. The second-order valence-electron chi connectivity index (χ2n) is 10.8. The van der Waals surface area contributed by atoms with E-state index in [1.54, 1.807) is 49.4 Å². The van der Waals surface area contributed by atoms with Gasteiger partial charge in [-0.1, -0.05) is 56.0 Å². The average Bonchev–Trinajstić information content (AvgIpc) is 2.90. The maximum atomic E-state index is 14.1. The van der Waals surface area contributed by atoms with Crippen molar-refractivity contribution < 1.29 is 39.9 Å². The molecular formula is C30H30N2O8. The molecule has 1 amide bonds. The second-order valence-corrected chi connectivity index (χ2v) is 10.8. The number of nitrogens with zero attached hydrogens (tertiary/aromatic N) is 1. The summed E-state index contributed by atoms with van der Waals surface area (Å²) in [5.74, 6) is -9.13. The number of hydrogen-bond acceptors (Lipinski definition) is 9. The average molecular weight is 547 g/mol. The van der Waals surface area contributed by atoms with E-state index in [1.807, 2.05) is 0 Å². The van der Waals surface area contributed by atoms with Gasteiger partial charge < -0.3 is 31.3 Å². The minimum Gasteiger partial charge on any atom is -0.508 e. The zero-order valence-corrected chi connectivity index (χ0v) is 22.1. The van der Waals surface area contributed by atoms with Crippen LogP contribution in [0.4, 0.5) is 0 Å². The molecule has 0 aliphatic heterocycles. The third-order valence-corrected chi connectivity index (χ3v) is 8.59. The van der Waals surface area contributed by atoms with E-state index in [2.05, 4.69) is 6.58 Å². The minimum atomic E-state index is -2.95. The highest BCUT2D eigenvalue weighted by Gasteiger charge is 2.68. The Bertz CT molecular complexity index is 1550. The number of phenolic OH excluding ortho intramolecular Hbond substituents is 1. The molecule has 0 saturated heterocycles. The molecule has 0 radical (unpaired) electrons. The molecule has 1 fully saturated rings. The van der Waals surface area contributed by atoms with Crippen LogP contribution in [-0.4, -0.2) is 79.7 Å². The first-order valence-electron chi connectivity index (χ1n) is 12.7. The maximum absolute atomic E-state index is 14.1. The van der Waals surface area contributed by atoms with Crippen molar-refractivity contribution in [3.8, 4) is 16.9 Å². The molecule has 0 bridgehead atoms. The lowest BCUT2D eigenvalue weighted by Crippen LogP contribution is -2.70. The van der Waals surface area contributed by atoms with E-state index >= 15 is 0 Å². The number of primary amides is 1. The van der Waals surface area contributed by atoms with Gasteiger partial charge in [0.1, 0.15) is 22.8 Å². The van der Waals surface area contributed by atoms with Crippen molar-refractivity contribution in [1.29, 1.82) is 0 Å². The van der Waals surface area contributed by atoms with Gasteiger partial charge in [0, 0.05) is 17.1 Å². The number of carbonyl (C=O) groups excluding carboxylic acids is 3. The van der Waals surface area contributed by atoms with Gasteiger partial charge in [0.2, 0.25) is 5.78 Å². The Morgan fingerprint density at radius 3 is 2.25 bits per heavy atom. The molecule has 10 heteroatoms. The normalized spacial score (nSPS) is 29.7. The fourth-order valence-corrected chi connectivity index (χ4v) is 6.65. The van der Waals surface area contributed by atoms with Crippen molar-refractivity contribution in [2.24, 2.45) is 17.6 Å². The van der Waals surface area contributed by atoms with Crippen LogP contribution in [0.15, 0.2) is 59.9 Å². The Kier molecular flexibility index (Phi) is 6.25. The van der Waals surface area contributed by atoms with E-state index in [9.17, 15) is 39.9 Å². The molecule has 6 unspecified atom stereocenters. The summed E-state index contributed by atoms with van der Waals surface area (Å²) in [5, 5.41) is 57.2. The Balaban J connectivity index is 1.76. The molecule has 5 rings (SSSR count). The van der Waals surface area contributed by atoms with Crippen LogP contribution in [0.5, 0.6) is 5.75 Å². The number of benzene rings is 2. The number of aliphatic hydroxyl groups excluding tert-OH is 3. The lowest BCUT2D eigenvalue weighted by molar-refractivity contribution is -0.169. The molecule has 3 aliphatic carbocycles. The number of nitrogens with two attached hydrogens (primary N) is 1. The Labute approximate surface area is 230 Å². The molecular weight excluding hydrogens is 516 g/mol. The summed E-state index contributed by atoms with van der Waals surface area (Å²) in [6.45, 7) is 5.41. The fraction of sp³-hybridized carbons (Fsp3) is 0.300. The van der Waals surface area contributed by atoms with Gasteiger partial charge in [-0.05, 0) is 36.7 Å². The number of ketones is 2. The lowest BCUT2D eigenvalue weighted by Gasteiger charge is -2.53. The summed E-state index contributed by atoms with van der Waals surface area (Å²) >= 11 is 0. The first-order valence-corrected chi connectivity index (χ1v) is 12.7. The third-order valence-electron chi connectivity index (χ3n) is 8.59. The lowest BCUT2D eigenvalue weighted by atomic mass is 9.54. The van der Waals surface area contributed by atoms with E-state index in [0.717, 1.165) is 5.56 Å². The smallest absolute Gasteiger partial charge is 0.255 e. The van der Waals surface area contributed by atoms with Gasteiger partial charge in [0.05, 0.1) is 23.6 Å². The van der Waals surface area contributed by atoms with Crippen molar-refractivity contribution in [3.63, 3.8) is 0 Å². The zero-order chi connectivity index (χ0) is 29.4. The summed E-state index contributed by atoms with van der Waals surface area (Å²) in [4.78, 5) is 40.8. The molecule has 0 heterocycles. The number of aliphatic hydroxyl groups is 4. The van der Waals surface area contributed by atoms with Crippen molar-refractivity contribution in [2.75, 3.05) is 14.1 Å². The minimum absolute atomic E-state index is 0.0544. The summed E-state index contributed by atoms with van der Waals surface area (Å²) in [5.41, 5.74) is 3.25. The van der Waals surface area contributed by atoms with Crippen LogP contribution in [0.3, 0.4) is 0 Å². The van der Waals surface area contributed by atoms with E-state index < -0.39 is 75.6 Å². The van der Waals surface area contributed by atoms with Crippen LogP contribution in [0.1, 0.15) is 29.5 Å². The van der Waals surface area contributed by atoms with Gasteiger partial charge in [-0.25, -0.2) is 0 Å². The molecule has 40 heavy (non-hydrogen) atoms. The van der Waals surface area contributed by atoms with Crippen molar-refractivity contribution >= 4 is 29.3 Å². The molecule has 10 nitrogen and oxygen atoms in total. The Hall–Kier alpha value is -4.25. The molecule has 2 aromatic rings. The van der Waals surface area contributed by atoms with E-state index in [0.29, 0.717) is 16.7 Å². The molecule has 0 spiro atoms. The van der Waals surface area contributed by atoms with Crippen LogP contribution >= 0.6 is 0 Å². The Morgan fingerprint density at radius 2 is 1.70 bits per heavy atom. The first kappa shape index (κ1) is 27.3. The number of aromatic hydroxyl groups is 1. The van der Waals surface area contributed by atoms with Crippen molar-refractivity contribution in [3.05, 3.63) is 76.6 Å². The molecule has 2 aromatic carbocycles. The first-order chi connectivity index (χ1) is 18.8. The molecule has 1 saturated carbocycles. The second kappa shape index (κ2) is 9.16. The number of fused-ring (bicyclic) bond motifs is 3. The highest BCUT2D eigenvalue weighted by molar-refractivity contribution is 6.24. The van der Waals surface area contributed by atoms with E-state index in [-0.39, 0.29) is 11.3 Å². The van der Waals surface area contributed by atoms with Gasteiger partial charge >= 0.3 is 0 Å². The van der Waals surface area contributed by atoms with Crippen LogP contribution in [0.2, 0.25) is 0 Å². The van der Waals surface area contributed by atoms with Crippen LogP contribution in [-0.2, 0) is 14.4 Å². The molecule has 6 atom stereocenters. The maximum Gasteiger partial charge on any atom is 0.255 e.